The Morgan fingerprint density at radius 3 is 2.78 bits per heavy atom. The first kappa shape index (κ1) is 13.2. The summed E-state index contributed by atoms with van der Waals surface area (Å²) in [6.07, 6.45) is 1.23. The van der Waals surface area contributed by atoms with Crippen molar-refractivity contribution in [3.05, 3.63) is 65.4 Å². The summed E-state index contributed by atoms with van der Waals surface area (Å²) in [6, 6.07) is 17.1. The maximum Gasteiger partial charge on any atom is 0.144 e. The van der Waals surface area contributed by atoms with E-state index in [9.17, 15) is 0 Å². The first-order valence-electron chi connectivity index (χ1n) is 8.34. The highest BCUT2D eigenvalue weighted by Gasteiger charge is 2.30. The zero-order valence-electron chi connectivity index (χ0n) is 13.3. The van der Waals surface area contributed by atoms with Crippen LogP contribution < -0.4 is 4.74 Å². The fraction of sp³-hybridized carbons (Fsp3) is 0.300. The minimum absolute atomic E-state index is 0.102. The molecule has 0 bridgehead atoms. The Bertz CT molecular complexity index is 882. The first-order chi connectivity index (χ1) is 11.3. The highest BCUT2D eigenvalue weighted by Crippen LogP contribution is 2.41. The molecular weight excluding hydrogens is 284 g/mol. The van der Waals surface area contributed by atoms with E-state index in [1.54, 1.807) is 0 Å². The second-order valence-electron chi connectivity index (χ2n) is 6.69. The van der Waals surface area contributed by atoms with Gasteiger partial charge in [0.25, 0.3) is 0 Å². The fourth-order valence-corrected chi connectivity index (χ4v) is 4.10. The molecular formula is C20H20N2O. The maximum absolute atomic E-state index is 6.36. The Hall–Kier alpha value is -2.26. The van der Waals surface area contributed by atoms with E-state index in [1.807, 2.05) is 0 Å². The summed E-state index contributed by atoms with van der Waals surface area (Å²) >= 11 is 0. The third-order valence-electron chi connectivity index (χ3n) is 5.22. The van der Waals surface area contributed by atoms with Gasteiger partial charge in [0.2, 0.25) is 0 Å². The molecule has 0 spiro atoms. The molecule has 0 fully saturated rings. The molecule has 1 atom stereocenters. The summed E-state index contributed by atoms with van der Waals surface area (Å²) in [7, 11) is 2.21. The lowest BCUT2D eigenvalue weighted by Gasteiger charge is -2.29. The lowest BCUT2D eigenvalue weighted by Crippen LogP contribution is -2.28. The lowest BCUT2D eigenvalue weighted by atomic mass is 10.1. The molecule has 2 aliphatic heterocycles. The number of nitrogens with zero attached hydrogens (tertiary/aromatic N) is 2. The molecule has 0 saturated heterocycles. The van der Waals surface area contributed by atoms with E-state index in [-0.39, 0.29) is 6.10 Å². The van der Waals surface area contributed by atoms with Crippen molar-refractivity contribution in [2.45, 2.75) is 25.6 Å². The highest BCUT2D eigenvalue weighted by molar-refractivity contribution is 5.91. The average Bonchev–Trinajstić information content (AvgIpc) is 2.91. The molecule has 2 aliphatic rings. The van der Waals surface area contributed by atoms with Gasteiger partial charge in [-0.15, -0.1) is 0 Å². The predicted octanol–water partition coefficient (Wildman–Crippen LogP) is 3.76. The van der Waals surface area contributed by atoms with Crippen LogP contribution in [-0.4, -0.2) is 23.1 Å². The van der Waals surface area contributed by atoms with Crippen molar-refractivity contribution in [2.75, 3.05) is 13.6 Å². The molecule has 2 aromatic carbocycles. The average molecular weight is 304 g/mol. The van der Waals surface area contributed by atoms with E-state index in [1.165, 1.54) is 27.7 Å². The monoisotopic (exact) mass is 304 g/mol. The number of fused-ring (bicyclic) bond motifs is 3. The largest absolute Gasteiger partial charge is 0.482 e. The van der Waals surface area contributed by atoms with Gasteiger partial charge in [0.1, 0.15) is 11.9 Å². The van der Waals surface area contributed by atoms with E-state index in [0.29, 0.717) is 0 Å². The number of hydrogen-bond acceptors (Lipinski definition) is 2. The summed E-state index contributed by atoms with van der Waals surface area (Å²) in [5, 5.41) is 1.37. The smallest absolute Gasteiger partial charge is 0.144 e. The van der Waals surface area contributed by atoms with Crippen LogP contribution in [0.4, 0.5) is 0 Å². The van der Waals surface area contributed by atoms with Crippen LogP contribution in [0.2, 0.25) is 0 Å². The zero-order valence-corrected chi connectivity index (χ0v) is 13.3. The van der Waals surface area contributed by atoms with Gasteiger partial charge in [-0.1, -0.05) is 42.5 Å². The van der Waals surface area contributed by atoms with Crippen LogP contribution in [0.3, 0.4) is 0 Å². The number of rotatable bonds is 1. The minimum atomic E-state index is 0.102. The summed E-state index contributed by atoms with van der Waals surface area (Å²) < 4.78 is 8.88. The zero-order chi connectivity index (χ0) is 15.4. The van der Waals surface area contributed by atoms with Crippen LogP contribution in [0, 0.1) is 0 Å². The fourth-order valence-electron chi connectivity index (χ4n) is 4.10. The first-order valence-corrected chi connectivity index (χ1v) is 8.34. The molecule has 0 radical (unpaired) electrons. The quantitative estimate of drug-likeness (QED) is 0.681. The molecule has 1 unspecified atom stereocenters. The van der Waals surface area contributed by atoms with E-state index >= 15 is 0 Å². The Balaban J connectivity index is 1.69. The number of ether oxygens (including phenoxy) is 1. The molecule has 5 rings (SSSR count). The Labute approximate surface area is 136 Å². The van der Waals surface area contributed by atoms with Crippen LogP contribution in [0.1, 0.15) is 22.9 Å². The minimum Gasteiger partial charge on any atom is -0.482 e. The van der Waals surface area contributed by atoms with Gasteiger partial charge in [-0.3, -0.25) is 0 Å². The van der Waals surface area contributed by atoms with Crippen LogP contribution in [-0.2, 0) is 19.5 Å². The molecule has 0 aliphatic carbocycles. The normalized spacial score (nSPS) is 20.3. The molecule has 3 heterocycles. The molecule has 1 aromatic heterocycles. The van der Waals surface area contributed by atoms with Gasteiger partial charge >= 0.3 is 0 Å². The summed E-state index contributed by atoms with van der Waals surface area (Å²) in [5.74, 6) is 1.03. The Morgan fingerprint density at radius 1 is 1.04 bits per heavy atom. The van der Waals surface area contributed by atoms with Gasteiger partial charge in [0.05, 0.1) is 12.1 Å². The van der Waals surface area contributed by atoms with Crippen LogP contribution in [0.25, 0.3) is 10.9 Å². The second-order valence-corrected chi connectivity index (χ2v) is 6.69. The van der Waals surface area contributed by atoms with Gasteiger partial charge in [0.15, 0.2) is 0 Å². The van der Waals surface area contributed by atoms with Crippen molar-refractivity contribution in [1.82, 2.24) is 9.47 Å². The SMILES string of the molecule is CN1CCc2c(c3cccc4c3n2CC(c2ccccc2)O4)C1. The van der Waals surface area contributed by atoms with E-state index in [4.69, 9.17) is 4.74 Å². The van der Waals surface area contributed by atoms with Crippen molar-refractivity contribution in [3.63, 3.8) is 0 Å². The standard InChI is InChI=1S/C20H20N2O/c1-21-11-10-17-16(12-21)15-8-5-9-18-20(15)22(17)13-19(23-18)14-6-3-2-4-7-14/h2-9,19H,10-13H2,1H3. The Kier molecular flexibility index (Phi) is 2.79. The lowest BCUT2D eigenvalue weighted by molar-refractivity contribution is 0.171. The van der Waals surface area contributed by atoms with Crippen molar-refractivity contribution >= 4 is 10.9 Å². The number of para-hydroxylation sites is 1. The third-order valence-corrected chi connectivity index (χ3v) is 5.22. The van der Waals surface area contributed by atoms with Gasteiger partial charge in [-0.2, -0.15) is 0 Å². The molecule has 3 nitrogen and oxygen atoms in total. The number of hydrogen-bond donors (Lipinski definition) is 0. The van der Waals surface area contributed by atoms with Crippen molar-refractivity contribution < 1.29 is 4.74 Å². The molecule has 23 heavy (non-hydrogen) atoms. The van der Waals surface area contributed by atoms with Gasteiger partial charge in [-0.25, -0.2) is 0 Å². The van der Waals surface area contributed by atoms with E-state index in [0.717, 1.165) is 31.8 Å². The number of benzene rings is 2. The van der Waals surface area contributed by atoms with E-state index in [2.05, 4.69) is 65.0 Å². The Morgan fingerprint density at radius 2 is 1.91 bits per heavy atom. The van der Waals surface area contributed by atoms with Crippen LogP contribution in [0.15, 0.2) is 48.5 Å². The van der Waals surface area contributed by atoms with Crippen LogP contribution in [0.5, 0.6) is 5.75 Å². The summed E-state index contributed by atoms with van der Waals surface area (Å²) in [5.41, 5.74) is 5.55. The number of likely N-dealkylation sites (N-methyl/N-ethyl adjacent to an activating group) is 1. The summed E-state index contributed by atoms with van der Waals surface area (Å²) in [4.78, 5) is 2.41. The predicted molar refractivity (Wildman–Crippen MR) is 91.8 cm³/mol. The van der Waals surface area contributed by atoms with Gasteiger partial charge in [-0.05, 0) is 24.2 Å². The third kappa shape index (κ3) is 1.93. The summed E-state index contributed by atoms with van der Waals surface area (Å²) in [6.45, 7) is 3.09. The molecule has 116 valence electrons. The molecule has 0 saturated carbocycles. The number of aromatic nitrogens is 1. The molecule has 3 heteroatoms. The molecule has 0 N–H and O–H groups in total. The topological polar surface area (TPSA) is 17.4 Å². The van der Waals surface area contributed by atoms with Crippen LogP contribution >= 0.6 is 0 Å². The van der Waals surface area contributed by atoms with Crippen molar-refractivity contribution in [2.24, 2.45) is 0 Å². The van der Waals surface area contributed by atoms with Gasteiger partial charge < -0.3 is 14.2 Å². The van der Waals surface area contributed by atoms with Gasteiger partial charge in [0, 0.05) is 30.6 Å². The highest BCUT2D eigenvalue weighted by atomic mass is 16.5. The van der Waals surface area contributed by atoms with E-state index < -0.39 is 0 Å². The second kappa shape index (κ2) is 4.87. The van der Waals surface area contributed by atoms with Crippen molar-refractivity contribution in [3.8, 4) is 5.75 Å². The van der Waals surface area contributed by atoms with Crippen molar-refractivity contribution in [1.29, 1.82) is 0 Å². The maximum atomic E-state index is 6.36. The molecule has 0 amide bonds. The molecule has 3 aromatic rings.